The van der Waals surface area contributed by atoms with Crippen LogP contribution in [0.15, 0.2) is 4.99 Å². The van der Waals surface area contributed by atoms with Gasteiger partial charge in [0, 0.05) is 7.05 Å². The summed E-state index contributed by atoms with van der Waals surface area (Å²) < 4.78 is 0. The molecule has 0 unspecified atom stereocenters. The zero-order valence-electron chi connectivity index (χ0n) is 6.21. The Morgan fingerprint density at radius 3 is 2.20 bits per heavy atom. The number of aliphatic imine (C=N–C) groups is 1. The first kappa shape index (κ1) is 7.05. The molecule has 0 radical (unpaired) electrons. The highest BCUT2D eigenvalue weighted by Crippen LogP contribution is 2.17. The molecule has 1 aliphatic rings. The van der Waals surface area contributed by atoms with E-state index in [-0.39, 0.29) is 5.91 Å². The van der Waals surface area contributed by atoms with Crippen molar-refractivity contribution in [2.75, 3.05) is 7.05 Å². The fraction of sp³-hybridized carbons (Fsp3) is 0.667. The second kappa shape index (κ2) is 1.71. The van der Waals surface area contributed by atoms with Crippen molar-refractivity contribution >= 4 is 11.9 Å². The Kier molecular flexibility index (Phi) is 1.21. The number of carbonyl (C=O) groups is 1. The van der Waals surface area contributed by atoms with Crippen molar-refractivity contribution in [3.8, 4) is 0 Å². The monoisotopic (exact) mass is 141 g/mol. The Balaban J connectivity index is 2.98. The third-order valence-corrected chi connectivity index (χ3v) is 1.49. The van der Waals surface area contributed by atoms with Gasteiger partial charge in [-0.25, -0.2) is 0 Å². The Labute approximate surface area is 59.2 Å². The lowest BCUT2D eigenvalue weighted by atomic mass is 10.1. The van der Waals surface area contributed by atoms with Crippen LogP contribution in [0.3, 0.4) is 0 Å². The lowest BCUT2D eigenvalue weighted by Crippen LogP contribution is -2.40. The van der Waals surface area contributed by atoms with Gasteiger partial charge in [0.05, 0.1) is 6.02 Å². The van der Waals surface area contributed by atoms with Crippen LogP contribution < -0.4 is 5.11 Å². The number of amides is 1. The van der Waals surface area contributed by atoms with Crippen LogP contribution >= 0.6 is 0 Å². The molecule has 0 saturated heterocycles. The van der Waals surface area contributed by atoms with Crippen LogP contribution in [-0.4, -0.2) is 29.4 Å². The molecule has 4 nitrogen and oxygen atoms in total. The van der Waals surface area contributed by atoms with Crippen molar-refractivity contribution in [2.24, 2.45) is 4.99 Å². The molecule has 1 aliphatic heterocycles. The molecule has 0 saturated carbocycles. The molecule has 1 amide bonds. The predicted octanol–water partition coefficient (Wildman–Crippen LogP) is -1.05. The van der Waals surface area contributed by atoms with Crippen LogP contribution in [-0.2, 0) is 4.79 Å². The van der Waals surface area contributed by atoms with Crippen LogP contribution in [0.4, 0.5) is 0 Å². The quantitative estimate of drug-likeness (QED) is 0.432. The van der Waals surface area contributed by atoms with Crippen LogP contribution in [0.1, 0.15) is 13.8 Å². The summed E-state index contributed by atoms with van der Waals surface area (Å²) in [5.41, 5.74) is -0.841. The standard InChI is InChI=1S/C6H10N2O2/c1-6(2)4(9)8(3)5(10)7-6/h1-3H3,(H,7,10)/p-1. The Hall–Kier alpha value is -1.06. The predicted molar refractivity (Wildman–Crippen MR) is 34.3 cm³/mol. The van der Waals surface area contributed by atoms with Gasteiger partial charge in [0.15, 0.2) is 0 Å². The van der Waals surface area contributed by atoms with Gasteiger partial charge in [-0.2, -0.15) is 0 Å². The summed E-state index contributed by atoms with van der Waals surface area (Å²) in [5.74, 6) is -0.238. The van der Waals surface area contributed by atoms with E-state index in [2.05, 4.69) is 4.99 Å². The third kappa shape index (κ3) is 0.761. The normalized spacial score (nSPS) is 23.3. The first-order valence-electron chi connectivity index (χ1n) is 3.00. The van der Waals surface area contributed by atoms with Crippen LogP contribution in [0, 0.1) is 0 Å². The molecular formula is C6H9N2O2-. The molecule has 10 heavy (non-hydrogen) atoms. The number of hydrogen-bond acceptors (Lipinski definition) is 3. The molecule has 56 valence electrons. The summed E-state index contributed by atoms with van der Waals surface area (Å²) in [4.78, 5) is 15.7. The highest BCUT2D eigenvalue weighted by atomic mass is 16.3. The van der Waals surface area contributed by atoms with E-state index in [4.69, 9.17) is 0 Å². The molecule has 1 heterocycles. The molecule has 0 aromatic carbocycles. The van der Waals surface area contributed by atoms with Crippen molar-refractivity contribution in [3.63, 3.8) is 0 Å². The average Bonchev–Trinajstić information content (AvgIpc) is 1.95. The van der Waals surface area contributed by atoms with Crippen LogP contribution in [0.2, 0.25) is 0 Å². The second-order valence-electron chi connectivity index (χ2n) is 2.82. The van der Waals surface area contributed by atoms with E-state index in [1.807, 2.05) is 0 Å². The minimum atomic E-state index is -0.841. The second-order valence-corrected chi connectivity index (χ2v) is 2.82. The number of carbonyl (C=O) groups excluding carboxylic acids is 1. The topological polar surface area (TPSA) is 55.7 Å². The third-order valence-electron chi connectivity index (χ3n) is 1.49. The molecule has 0 fully saturated rings. The number of nitrogens with zero attached hydrogens (tertiary/aromatic N) is 2. The van der Waals surface area contributed by atoms with E-state index in [0.717, 1.165) is 4.90 Å². The lowest BCUT2D eigenvalue weighted by Gasteiger charge is -2.16. The molecule has 0 aromatic rings. The zero-order valence-corrected chi connectivity index (χ0v) is 6.21. The highest BCUT2D eigenvalue weighted by molar-refractivity contribution is 6.02. The summed E-state index contributed by atoms with van der Waals surface area (Å²) in [7, 11) is 1.43. The van der Waals surface area contributed by atoms with Gasteiger partial charge in [-0.05, 0) is 13.8 Å². The first-order chi connectivity index (χ1) is 4.45. The average molecular weight is 141 g/mol. The molecule has 0 N–H and O–H groups in total. The molecule has 4 heteroatoms. The molecule has 0 aliphatic carbocycles. The van der Waals surface area contributed by atoms with Gasteiger partial charge in [-0.3, -0.25) is 9.79 Å². The van der Waals surface area contributed by atoms with Crippen molar-refractivity contribution in [1.82, 2.24) is 4.90 Å². The molecule has 0 atom stereocenters. The maximum atomic E-state index is 11.0. The largest absolute Gasteiger partial charge is 0.846 e. The maximum absolute atomic E-state index is 11.0. The number of hydrogen-bond donors (Lipinski definition) is 0. The lowest BCUT2D eigenvalue weighted by molar-refractivity contribution is -0.230. The van der Waals surface area contributed by atoms with Crippen molar-refractivity contribution in [3.05, 3.63) is 0 Å². The van der Waals surface area contributed by atoms with E-state index < -0.39 is 11.6 Å². The van der Waals surface area contributed by atoms with Crippen LogP contribution in [0.25, 0.3) is 0 Å². The van der Waals surface area contributed by atoms with E-state index >= 15 is 0 Å². The Bertz CT molecular complexity index is 208. The zero-order chi connectivity index (χ0) is 7.94. The fourth-order valence-electron chi connectivity index (χ4n) is 0.859. The summed E-state index contributed by atoms with van der Waals surface area (Å²) in [6, 6.07) is -0.449. The summed E-state index contributed by atoms with van der Waals surface area (Å²) in [6.07, 6.45) is 0. The number of rotatable bonds is 0. The first-order valence-corrected chi connectivity index (χ1v) is 3.00. The number of likely N-dealkylation sites (N-methyl/N-ethyl adjacent to an activating group) is 1. The van der Waals surface area contributed by atoms with Gasteiger partial charge < -0.3 is 10.0 Å². The van der Waals surface area contributed by atoms with E-state index in [1.54, 1.807) is 13.8 Å². The van der Waals surface area contributed by atoms with Gasteiger partial charge in [0.25, 0.3) is 5.91 Å². The minimum absolute atomic E-state index is 0.238. The number of amidine groups is 1. The highest BCUT2D eigenvalue weighted by Gasteiger charge is 2.34. The SMILES string of the molecule is CN1C(=O)C(C)(C)N=C1[O-]. The smallest absolute Gasteiger partial charge is 0.254 e. The minimum Gasteiger partial charge on any atom is -0.846 e. The van der Waals surface area contributed by atoms with E-state index in [0.29, 0.717) is 0 Å². The molecular weight excluding hydrogens is 132 g/mol. The van der Waals surface area contributed by atoms with E-state index in [1.165, 1.54) is 7.05 Å². The summed E-state index contributed by atoms with van der Waals surface area (Å²) in [6.45, 7) is 3.24. The molecule has 0 aromatic heterocycles. The van der Waals surface area contributed by atoms with Gasteiger partial charge in [-0.1, -0.05) is 0 Å². The molecule has 0 bridgehead atoms. The van der Waals surface area contributed by atoms with Crippen molar-refractivity contribution in [2.45, 2.75) is 19.4 Å². The fourth-order valence-corrected chi connectivity index (χ4v) is 0.859. The Morgan fingerprint density at radius 1 is 1.60 bits per heavy atom. The van der Waals surface area contributed by atoms with Crippen molar-refractivity contribution < 1.29 is 9.90 Å². The van der Waals surface area contributed by atoms with Crippen molar-refractivity contribution in [1.29, 1.82) is 0 Å². The molecule has 1 rings (SSSR count). The van der Waals surface area contributed by atoms with Gasteiger partial charge in [0.2, 0.25) is 0 Å². The van der Waals surface area contributed by atoms with Gasteiger partial charge >= 0.3 is 0 Å². The summed E-state index contributed by atoms with van der Waals surface area (Å²) >= 11 is 0. The van der Waals surface area contributed by atoms with Gasteiger partial charge in [0.1, 0.15) is 5.54 Å². The maximum Gasteiger partial charge on any atom is 0.254 e. The Morgan fingerprint density at radius 2 is 2.10 bits per heavy atom. The molecule has 0 spiro atoms. The summed E-state index contributed by atoms with van der Waals surface area (Å²) in [5, 5.41) is 10.7. The van der Waals surface area contributed by atoms with Gasteiger partial charge in [-0.15, -0.1) is 0 Å². The van der Waals surface area contributed by atoms with Crippen LogP contribution in [0.5, 0.6) is 0 Å². The van der Waals surface area contributed by atoms with E-state index in [9.17, 15) is 9.90 Å².